The van der Waals surface area contributed by atoms with E-state index in [4.69, 9.17) is 0 Å². The Balaban J connectivity index is 2.73. The molecule has 1 heterocycles. The summed E-state index contributed by atoms with van der Waals surface area (Å²) in [5.41, 5.74) is 3.19. The summed E-state index contributed by atoms with van der Waals surface area (Å²) in [4.78, 5) is 0.579. The molecule has 4 heteroatoms. The lowest BCUT2D eigenvalue weighted by atomic mass is 9.89. The van der Waals surface area contributed by atoms with Gasteiger partial charge in [-0.3, -0.25) is 0 Å². The van der Waals surface area contributed by atoms with Crippen molar-refractivity contribution in [2.45, 2.75) is 96.4 Å². The SMILES string of the molecule is CC(C)c1cc(C(C)C)c(S(=O)(=O)N2CCCC[C@H]2C)c(C(C)C)c1. The van der Waals surface area contributed by atoms with Crippen LogP contribution in [0.15, 0.2) is 17.0 Å². The van der Waals surface area contributed by atoms with Gasteiger partial charge in [0.2, 0.25) is 10.0 Å². The lowest BCUT2D eigenvalue weighted by Crippen LogP contribution is -2.42. The van der Waals surface area contributed by atoms with Gasteiger partial charge in [-0.2, -0.15) is 4.31 Å². The van der Waals surface area contributed by atoms with Crippen LogP contribution in [-0.2, 0) is 10.0 Å². The summed E-state index contributed by atoms with van der Waals surface area (Å²) in [5, 5.41) is 0. The van der Waals surface area contributed by atoms with Crippen LogP contribution in [0.1, 0.15) is 102 Å². The molecule has 0 radical (unpaired) electrons. The summed E-state index contributed by atoms with van der Waals surface area (Å²) in [6.07, 6.45) is 3.03. The molecule has 2 rings (SSSR count). The highest BCUT2D eigenvalue weighted by molar-refractivity contribution is 7.89. The first-order valence-corrected chi connectivity index (χ1v) is 11.2. The maximum absolute atomic E-state index is 13.7. The Morgan fingerprint density at radius 3 is 1.84 bits per heavy atom. The first-order valence-electron chi connectivity index (χ1n) is 9.76. The predicted octanol–water partition coefficient (Wildman–Crippen LogP) is 5.62. The van der Waals surface area contributed by atoms with Crippen molar-refractivity contribution in [2.75, 3.05) is 6.54 Å². The lowest BCUT2D eigenvalue weighted by molar-refractivity contribution is 0.268. The van der Waals surface area contributed by atoms with Gasteiger partial charge in [0.05, 0.1) is 4.90 Å². The molecule has 1 aliphatic heterocycles. The molecule has 0 bridgehead atoms. The van der Waals surface area contributed by atoms with E-state index in [0.717, 1.165) is 30.4 Å². The molecule has 1 aromatic rings. The van der Waals surface area contributed by atoms with Gasteiger partial charge in [0.1, 0.15) is 0 Å². The fraction of sp³-hybridized carbons (Fsp3) is 0.714. The van der Waals surface area contributed by atoms with Crippen LogP contribution in [0.5, 0.6) is 0 Å². The molecule has 1 saturated heterocycles. The van der Waals surface area contributed by atoms with Gasteiger partial charge in [0, 0.05) is 12.6 Å². The van der Waals surface area contributed by atoms with E-state index in [1.807, 2.05) is 6.92 Å². The third-order valence-corrected chi connectivity index (χ3v) is 7.54. The maximum Gasteiger partial charge on any atom is 0.243 e. The zero-order chi connectivity index (χ0) is 18.9. The average molecular weight is 366 g/mol. The second-order valence-electron chi connectivity index (χ2n) is 8.45. The van der Waals surface area contributed by atoms with Crippen molar-refractivity contribution in [1.29, 1.82) is 0 Å². The number of rotatable bonds is 5. The van der Waals surface area contributed by atoms with Gasteiger partial charge in [-0.25, -0.2) is 8.42 Å². The van der Waals surface area contributed by atoms with E-state index in [2.05, 4.69) is 53.7 Å². The highest BCUT2D eigenvalue weighted by Crippen LogP contribution is 2.38. The van der Waals surface area contributed by atoms with Crippen molar-refractivity contribution in [3.63, 3.8) is 0 Å². The van der Waals surface area contributed by atoms with E-state index in [0.29, 0.717) is 17.4 Å². The zero-order valence-corrected chi connectivity index (χ0v) is 17.8. The van der Waals surface area contributed by atoms with E-state index in [-0.39, 0.29) is 17.9 Å². The van der Waals surface area contributed by atoms with Crippen LogP contribution in [0, 0.1) is 0 Å². The van der Waals surface area contributed by atoms with Crippen molar-refractivity contribution in [3.05, 3.63) is 28.8 Å². The molecule has 142 valence electrons. The Morgan fingerprint density at radius 2 is 1.44 bits per heavy atom. The van der Waals surface area contributed by atoms with Gasteiger partial charge >= 0.3 is 0 Å². The predicted molar refractivity (Wildman–Crippen MR) is 106 cm³/mol. The van der Waals surface area contributed by atoms with Crippen molar-refractivity contribution in [2.24, 2.45) is 0 Å². The molecule has 0 spiro atoms. The van der Waals surface area contributed by atoms with Crippen LogP contribution < -0.4 is 0 Å². The summed E-state index contributed by atoms with van der Waals surface area (Å²) in [6.45, 7) is 15.4. The Bertz CT molecular complexity index is 676. The van der Waals surface area contributed by atoms with Crippen LogP contribution in [-0.4, -0.2) is 25.3 Å². The lowest BCUT2D eigenvalue weighted by Gasteiger charge is -2.34. The number of nitrogens with zero attached hydrogens (tertiary/aromatic N) is 1. The minimum absolute atomic E-state index is 0.0866. The minimum atomic E-state index is -3.47. The smallest absolute Gasteiger partial charge is 0.207 e. The van der Waals surface area contributed by atoms with Crippen molar-refractivity contribution < 1.29 is 8.42 Å². The molecule has 0 unspecified atom stereocenters. The van der Waals surface area contributed by atoms with Gasteiger partial charge in [-0.05, 0) is 54.2 Å². The van der Waals surface area contributed by atoms with Crippen molar-refractivity contribution in [3.8, 4) is 0 Å². The average Bonchev–Trinajstić information content (AvgIpc) is 2.53. The molecular formula is C21H35NO2S. The number of hydrogen-bond acceptors (Lipinski definition) is 2. The molecule has 3 nitrogen and oxygen atoms in total. The van der Waals surface area contributed by atoms with Crippen LogP contribution in [0.2, 0.25) is 0 Å². The first-order chi connectivity index (χ1) is 11.6. The van der Waals surface area contributed by atoms with Gasteiger partial charge < -0.3 is 0 Å². The highest BCUT2D eigenvalue weighted by atomic mass is 32.2. The van der Waals surface area contributed by atoms with Crippen LogP contribution >= 0.6 is 0 Å². The molecule has 0 saturated carbocycles. The van der Waals surface area contributed by atoms with E-state index in [1.165, 1.54) is 5.56 Å². The molecule has 0 aromatic heterocycles. The maximum atomic E-state index is 13.7. The number of sulfonamides is 1. The summed E-state index contributed by atoms with van der Waals surface area (Å²) in [7, 11) is -3.47. The van der Waals surface area contributed by atoms with Gasteiger partial charge in [0.25, 0.3) is 0 Å². The van der Waals surface area contributed by atoms with Gasteiger partial charge in [-0.1, -0.05) is 60.1 Å². The topological polar surface area (TPSA) is 37.4 Å². The second-order valence-corrected chi connectivity index (χ2v) is 10.3. The van der Waals surface area contributed by atoms with E-state index in [1.54, 1.807) is 4.31 Å². The summed E-state index contributed by atoms with van der Waals surface area (Å²) >= 11 is 0. The summed E-state index contributed by atoms with van der Waals surface area (Å²) in [6, 6.07) is 4.34. The number of hydrogen-bond donors (Lipinski definition) is 0. The number of benzene rings is 1. The van der Waals surface area contributed by atoms with E-state index < -0.39 is 10.0 Å². The largest absolute Gasteiger partial charge is 0.243 e. The van der Waals surface area contributed by atoms with Crippen molar-refractivity contribution in [1.82, 2.24) is 4.31 Å². The number of piperidine rings is 1. The third-order valence-electron chi connectivity index (χ3n) is 5.39. The van der Waals surface area contributed by atoms with Gasteiger partial charge in [0.15, 0.2) is 0 Å². The Morgan fingerprint density at radius 1 is 0.920 bits per heavy atom. The van der Waals surface area contributed by atoms with Crippen LogP contribution in [0.3, 0.4) is 0 Å². The van der Waals surface area contributed by atoms with E-state index in [9.17, 15) is 8.42 Å². The minimum Gasteiger partial charge on any atom is -0.207 e. The monoisotopic (exact) mass is 365 g/mol. The second kappa shape index (κ2) is 7.79. The molecule has 1 aromatic carbocycles. The first kappa shape index (κ1) is 20.4. The zero-order valence-electron chi connectivity index (χ0n) is 17.0. The molecule has 1 aliphatic rings. The molecular weight excluding hydrogens is 330 g/mol. The van der Waals surface area contributed by atoms with Gasteiger partial charge in [-0.15, -0.1) is 0 Å². The fourth-order valence-corrected chi connectivity index (χ4v) is 6.10. The molecule has 25 heavy (non-hydrogen) atoms. The van der Waals surface area contributed by atoms with Crippen molar-refractivity contribution >= 4 is 10.0 Å². The quantitative estimate of drug-likeness (QED) is 0.679. The Kier molecular flexibility index (Phi) is 6.37. The molecule has 1 fully saturated rings. The normalized spacial score (nSPS) is 20.0. The molecule has 0 amide bonds. The Hall–Kier alpha value is -0.870. The molecule has 0 N–H and O–H groups in total. The van der Waals surface area contributed by atoms with Crippen LogP contribution in [0.25, 0.3) is 0 Å². The fourth-order valence-electron chi connectivity index (χ4n) is 3.73. The Labute approximate surface area is 154 Å². The standard InChI is InChI=1S/C21H35NO2S/c1-14(2)18-12-19(15(3)4)21(20(13-18)16(5)6)25(23,24)22-11-9-8-10-17(22)7/h12-17H,8-11H2,1-7H3/t17-/m1/s1. The van der Waals surface area contributed by atoms with E-state index >= 15 is 0 Å². The summed E-state index contributed by atoms with van der Waals surface area (Å²) in [5.74, 6) is 0.753. The highest BCUT2D eigenvalue weighted by Gasteiger charge is 2.35. The third kappa shape index (κ3) is 4.11. The molecule has 1 atom stereocenters. The molecule has 0 aliphatic carbocycles. The summed E-state index contributed by atoms with van der Waals surface area (Å²) < 4.78 is 29.1. The van der Waals surface area contributed by atoms with Crippen LogP contribution in [0.4, 0.5) is 0 Å².